The first-order chi connectivity index (χ1) is 11.1. The highest BCUT2D eigenvalue weighted by atomic mass is 16.2. The molecular weight excluding hydrogens is 292 g/mol. The van der Waals surface area contributed by atoms with E-state index in [1.54, 1.807) is 55.6 Å². The maximum atomic E-state index is 12.8. The third kappa shape index (κ3) is 2.42. The molecule has 1 N–H and O–H groups in total. The van der Waals surface area contributed by atoms with Gasteiger partial charge in [0.2, 0.25) is 0 Å². The van der Waals surface area contributed by atoms with Crippen molar-refractivity contribution in [2.45, 2.75) is 19.0 Å². The lowest BCUT2D eigenvalue weighted by atomic mass is 9.97. The molecule has 1 aliphatic heterocycles. The monoisotopic (exact) mass is 306 g/mol. The summed E-state index contributed by atoms with van der Waals surface area (Å²) in [6, 6.07) is 13.7. The van der Waals surface area contributed by atoms with E-state index in [-0.39, 0.29) is 12.5 Å². The lowest BCUT2D eigenvalue weighted by Gasteiger charge is -2.21. The first-order valence-electron chi connectivity index (χ1n) is 7.10. The van der Waals surface area contributed by atoms with E-state index in [2.05, 4.69) is 16.4 Å². The minimum Gasteiger partial charge on any atom is -0.318 e. The summed E-state index contributed by atoms with van der Waals surface area (Å²) in [7, 11) is 0. The van der Waals surface area contributed by atoms with Gasteiger partial charge >= 0.3 is 6.03 Å². The van der Waals surface area contributed by atoms with Crippen LogP contribution in [-0.4, -0.2) is 21.8 Å². The Hall–Kier alpha value is -3.20. The van der Waals surface area contributed by atoms with Gasteiger partial charge in [-0.1, -0.05) is 24.3 Å². The first-order valence-corrected chi connectivity index (χ1v) is 7.10. The molecule has 0 spiro atoms. The Kier molecular flexibility index (Phi) is 3.54. The summed E-state index contributed by atoms with van der Waals surface area (Å²) < 4.78 is 0. The van der Waals surface area contributed by atoms with E-state index in [4.69, 9.17) is 5.26 Å². The molecule has 1 aromatic carbocycles. The second-order valence-corrected chi connectivity index (χ2v) is 5.43. The average molecular weight is 306 g/mol. The summed E-state index contributed by atoms with van der Waals surface area (Å²) in [4.78, 5) is 30.3. The fourth-order valence-corrected chi connectivity index (χ4v) is 2.61. The molecule has 23 heavy (non-hydrogen) atoms. The summed E-state index contributed by atoms with van der Waals surface area (Å²) in [6.07, 6.45) is 1.58. The van der Waals surface area contributed by atoms with Crippen molar-refractivity contribution in [2.75, 3.05) is 0 Å². The third-order valence-electron chi connectivity index (χ3n) is 3.92. The Labute approximate surface area is 133 Å². The summed E-state index contributed by atoms with van der Waals surface area (Å²) in [5.74, 6) is -0.381. The van der Waals surface area contributed by atoms with Gasteiger partial charge in [0.05, 0.1) is 23.9 Å². The van der Waals surface area contributed by atoms with Gasteiger partial charge in [-0.25, -0.2) is 4.79 Å². The number of imide groups is 1. The van der Waals surface area contributed by atoms with Gasteiger partial charge in [-0.05, 0) is 30.7 Å². The zero-order valence-electron chi connectivity index (χ0n) is 12.5. The topological polar surface area (TPSA) is 86.1 Å². The number of nitriles is 1. The van der Waals surface area contributed by atoms with Crippen molar-refractivity contribution in [3.8, 4) is 6.07 Å². The number of urea groups is 1. The minimum absolute atomic E-state index is 0.0524. The molecule has 1 aliphatic rings. The molecule has 2 aromatic rings. The van der Waals surface area contributed by atoms with E-state index in [9.17, 15) is 9.59 Å². The van der Waals surface area contributed by atoms with Crippen LogP contribution in [0.1, 0.15) is 23.7 Å². The predicted molar refractivity (Wildman–Crippen MR) is 81.8 cm³/mol. The number of nitrogens with zero attached hydrogens (tertiary/aromatic N) is 3. The SMILES string of the molecule is C[C@@]1(c2ccccn2)NC(=O)N(Cc2ccccc2C#N)C1=O. The third-order valence-corrected chi connectivity index (χ3v) is 3.92. The molecule has 0 bridgehead atoms. The van der Waals surface area contributed by atoms with Crippen molar-refractivity contribution in [1.82, 2.24) is 15.2 Å². The van der Waals surface area contributed by atoms with Crippen LogP contribution in [0.4, 0.5) is 4.79 Å². The summed E-state index contributed by atoms with van der Waals surface area (Å²) in [5, 5.41) is 11.8. The fourth-order valence-electron chi connectivity index (χ4n) is 2.61. The number of amides is 3. The van der Waals surface area contributed by atoms with E-state index in [1.165, 1.54) is 0 Å². The fraction of sp³-hybridized carbons (Fsp3) is 0.176. The van der Waals surface area contributed by atoms with Crippen LogP contribution in [0.25, 0.3) is 0 Å². The Morgan fingerprint density at radius 3 is 2.65 bits per heavy atom. The van der Waals surface area contributed by atoms with Crippen LogP contribution in [-0.2, 0) is 16.9 Å². The molecule has 0 radical (unpaired) electrons. The molecule has 0 aliphatic carbocycles. The Balaban J connectivity index is 1.92. The predicted octanol–water partition coefficient (Wildman–Crippen LogP) is 1.92. The molecule has 114 valence electrons. The van der Waals surface area contributed by atoms with Gasteiger partial charge in [-0.3, -0.25) is 14.7 Å². The van der Waals surface area contributed by atoms with Gasteiger partial charge in [-0.2, -0.15) is 5.26 Å². The molecule has 3 amide bonds. The number of pyridine rings is 1. The molecule has 0 saturated carbocycles. The number of carbonyl (C=O) groups is 2. The van der Waals surface area contributed by atoms with E-state index in [0.717, 1.165) is 4.90 Å². The number of nitrogens with one attached hydrogen (secondary N) is 1. The summed E-state index contributed by atoms with van der Waals surface area (Å²) in [5.41, 5.74) is 0.359. The Morgan fingerprint density at radius 1 is 1.22 bits per heavy atom. The van der Waals surface area contributed by atoms with E-state index >= 15 is 0 Å². The van der Waals surface area contributed by atoms with Gasteiger partial charge in [-0.15, -0.1) is 0 Å². The Morgan fingerprint density at radius 2 is 1.96 bits per heavy atom. The van der Waals surface area contributed by atoms with E-state index in [1.807, 2.05) is 0 Å². The van der Waals surface area contributed by atoms with Crippen LogP contribution in [0, 0.1) is 11.3 Å². The van der Waals surface area contributed by atoms with Crippen LogP contribution < -0.4 is 5.32 Å². The molecule has 1 saturated heterocycles. The molecular formula is C17H14N4O2. The lowest BCUT2D eigenvalue weighted by Crippen LogP contribution is -2.41. The average Bonchev–Trinajstić information content (AvgIpc) is 2.80. The Bertz CT molecular complexity index is 813. The summed E-state index contributed by atoms with van der Waals surface area (Å²) >= 11 is 0. The van der Waals surface area contributed by atoms with Crippen LogP contribution >= 0.6 is 0 Å². The van der Waals surface area contributed by atoms with Crippen molar-refractivity contribution in [3.05, 3.63) is 65.5 Å². The normalized spacial score (nSPS) is 20.3. The van der Waals surface area contributed by atoms with E-state index in [0.29, 0.717) is 16.8 Å². The van der Waals surface area contributed by atoms with Crippen molar-refractivity contribution in [1.29, 1.82) is 5.26 Å². The second-order valence-electron chi connectivity index (χ2n) is 5.43. The van der Waals surface area contributed by atoms with E-state index < -0.39 is 11.6 Å². The largest absolute Gasteiger partial charge is 0.325 e. The van der Waals surface area contributed by atoms with Crippen LogP contribution in [0.3, 0.4) is 0 Å². The van der Waals surface area contributed by atoms with Gasteiger partial charge in [0.25, 0.3) is 5.91 Å². The smallest absolute Gasteiger partial charge is 0.318 e. The number of hydrogen-bond donors (Lipinski definition) is 1. The molecule has 2 heterocycles. The first kappa shape index (κ1) is 14.7. The highest BCUT2D eigenvalue weighted by Crippen LogP contribution is 2.28. The van der Waals surface area contributed by atoms with Crippen molar-refractivity contribution < 1.29 is 9.59 Å². The molecule has 0 unspecified atom stereocenters. The molecule has 1 atom stereocenters. The minimum atomic E-state index is -1.19. The molecule has 1 fully saturated rings. The maximum absolute atomic E-state index is 12.8. The highest BCUT2D eigenvalue weighted by Gasteiger charge is 2.49. The maximum Gasteiger partial charge on any atom is 0.325 e. The van der Waals surface area contributed by atoms with Crippen LogP contribution in [0.5, 0.6) is 0 Å². The number of rotatable bonds is 3. The second kappa shape index (κ2) is 5.54. The van der Waals surface area contributed by atoms with Crippen molar-refractivity contribution in [3.63, 3.8) is 0 Å². The number of carbonyl (C=O) groups excluding carboxylic acids is 2. The number of benzene rings is 1. The van der Waals surface area contributed by atoms with Gasteiger partial charge in [0.1, 0.15) is 0 Å². The van der Waals surface area contributed by atoms with Gasteiger partial charge < -0.3 is 5.32 Å². The zero-order valence-corrected chi connectivity index (χ0v) is 12.5. The quantitative estimate of drug-likeness (QED) is 0.878. The van der Waals surface area contributed by atoms with Crippen molar-refractivity contribution >= 4 is 11.9 Å². The molecule has 6 heteroatoms. The van der Waals surface area contributed by atoms with Gasteiger partial charge in [0.15, 0.2) is 5.54 Å². The van der Waals surface area contributed by atoms with Gasteiger partial charge in [0, 0.05) is 6.20 Å². The summed E-state index contributed by atoms with van der Waals surface area (Å²) in [6.45, 7) is 1.68. The number of hydrogen-bond acceptors (Lipinski definition) is 4. The zero-order chi connectivity index (χ0) is 16.4. The molecule has 3 rings (SSSR count). The van der Waals surface area contributed by atoms with Crippen LogP contribution in [0.2, 0.25) is 0 Å². The standard InChI is InChI=1S/C17H14N4O2/c1-17(14-8-4-5-9-19-14)15(22)21(16(23)20-17)11-13-7-3-2-6-12(13)10-18/h2-9H,11H2,1H3,(H,20,23)/t17-/m0/s1. The van der Waals surface area contributed by atoms with Crippen molar-refractivity contribution in [2.24, 2.45) is 0 Å². The molecule has 6 nitrogen and oxygen atoms in total. The number of aromatic nitrogens is 1. The lowest BCUT2D eigenvalue weighted by molar-refractivity contribution is -0.131. The van der Waals surface area contributed by atoms with Crippen LogP contribution in [0.15, 0.2) is 48.7 Å². The highest BCUT2D eigenvalue weighted by molar-refractivity contribution is 6.06. The molecule has 1 aromatic heterocycles.